The molecule has 0 radical (unpaired) electrons. The van der Waals surface area contributed by atoms with Gasteiger partial charge in [0.1, 0.15) is 0 Å². The van der Waals surface area contributed by atoms with Crippen molar-refractivity contribution in [3.8, 4) is 11.6 Å². The topological polar surface area (TPSA) is 67.1 Å². The Morgan fingerprint density at radius 1 is 1.22 bits per heavy atom. The lowest BCUT2D eigenvalue weighted by Crippen LogP contribution is -2.35. The van der Waals surface area contributed by atoms with Crippen LogP contribution in [0.25, 0.3) is 22.5 Å². The van der Waals surface area contributed by atoms with E-state index in [1.807, 2.05) is 0 Å². The van der Waals surface area contributed by atoms with E-state index in [0.29, 0.717) is 18.1 Å². The summed E-state index contributed by atoms with van der Waals surface area (Å²) in [6, 6.07) is 14.2. The Morgan fingerprint density at radius 2 is 2.11 bits per heavy atom. The maximum atomic E-state index is 12.6. The summed E-state index contributed by atoms with van der Waals surface area (Å²) in [6.45, 7) is 2.30. The molecule has 0 aliphatic carbocycles. The van der Waals surface area contributed by atoms with Crippen molar-refractivity contribution in [2.75, 3.05) is 6.54 Å². The molecule has 5 rings (SSSR count). The number of aromatic nitrogens is 3. The Morgan fingerprint density at radius 3 is 2.93 bits per heavy atom. The number of nitrogens with zero attached hydrogens (tertiary/aromatic N) is 3. The third kappa shape index (κ3) is 2.78. The van der Waals surface area contributed by atoms with Crippen LogP contribution < -0.4 is 5.56 Å². The fourth-order valence-electron chi connectivity index (χ4n) is 3.87. The van der Waals surface area contributed by atoms with Gasteiger partial charge in [-0.05, 0) is 29.7 Å². The molecule has 1 aromatic carbocycles. The molecule has 6 nitrogen and oxygen atoms in total. The van der Waals surface area contributed by atoms with E-state index < -0.39 is 0 Å². The van der Waals surface area contributed by atoms with Crippen molar-refractivity contribution in [2.45, 2.75) is 19.5 Å². The second kappa shape index (κ2) is 6.25. The average Bonchev–Trinajstić information content (AvgIpc) is 3.32. The molecular weight excluding hydrogens is 340 g/mol. The van der Waals surface area contributed by atoms with Crippen LogP contribution in [0, 0.1) is 0 Å². The van der Waals surface area contributed by atoms with Crippen LogP contribution in [0.3, 0.4) is 0 Å². The maximum absolute atomic E-state index is 12.6. The minimum absolute atomic E-state index is 0.0758. The van der Waals surface area contributed by atoms with E-state index >= 15 is 0 Å². The molecule has 1 aliphatic heterocycles. The van der Waals surface area contributed by atoms with Crippen LogP contribution in [0.15, 0.2) is 57.9 Å². The molecule has 0 saturated heterocycles. The number of H-pyrrole nitrogens is 1. The standard InChI is InChI=1S/C21H20N4O2/c1-24-15(11-14-5-2-3-6-18(14)24)12-25-9-8-17-16(13-25)21(26)23-20(22-17)19-7-4-10-27-19/h2-7,10-11H,8-9,12-13H2,1H3,(H,22,23,26). The number of aryl methyl sites for hydroxylation is 1. The molecule has 4 heterocycles. The van der Waals surface area contributed by atoms with E-state index in [2.05, 4.69) is 56.8 Å². The SMILES string of the molecule is Cn1c(CN2CCc3nc(-c4ccco4)[nH]c(=O)c3C2)cc2ccccc21. The van der Waals surface area contributed by atoms with E-state index in [9.17, 15) is 4.79 Å². The molecular formula is C21H20N4O2. The molecule has 136 valence electrons. The number of hydrogen-bond donors (Lipinski definition) is 1. The monoisotopic (exact) mass is 360 g/mol. The van der Waals surface area contributed by atoms with Crippen molar-refractivity contribution in [1.29, 1.82) is 0 Å². The Labute approximate surface area is 156 Å². The normalized spacial score (nSPS) is 14.6. The lowest BCUT2D eigenvalue weighted by Gasteiger charge is -2.27. The van der Waals surface area contributed by atoms with Gasteiger partial charge in [-0.3, -0.25) is 9.69 Å². The number of furan rings is 1. The molecule has 27 heavy (non-hydrogen) atoms. The summed E-state index contributed by atoms with van der Waals surface area (Å²) >= 11 is 0. The van der Waals surface area contributed by atoms with Gasteiger partial charge in [0, 0.05) is 44.3 Å². The van der Waals surface area contributed by atoms with Gasteiger partial charge in [0.25, 0.3) is 5.56 Å². The molecule has 0 atom stereocenters. The smallest absolute Gasteiger partial charge is 0.256 e. The number of rotatable bonds is 3. The zero-order valence-corrected chi connectivity index (χ0v) is 15.1. The van der Waals surface area contributed by atoms with Crippen LogP contribution in [-0.4, -0.2) is 26.0 Å². The van der Waals surface area contributed by atoms with Gasteiger partial charge in [0.15, 0.2) is 11.6 Å². The number of fused-ring (bicyclic) bond motifs is 2. The van der Waals surface area contributed by atoms with Crippen LogP contribution >= 0.6 is 0 Å². The van der Waals surface area contributed by atoms with E-state index in [4.69, 9.17) is 4.42 Å². The van der Waals surface area contributed by atoms with Gasteiger partial charge >= 0.3 is 0 Å². The molecule has 4 aromatic rings. The highest BCUT2D eigenvalue weighted by molar-refractivity contribution is 5.81. The van der Waals surface area contributed by atoms with E-state index in [1.54, 1.807) is 18.4 Å². The fourth-order valence-corrected chi connectivity index (χ4v) is 3.87. The van der Waals surface area contributed by atoms with Gasteiger partial charge in [-0.1, -0.05) is 18.2 Å². The predicted octanol–water partition coefficient (Wildman–Crippen LogP) is 3.08. The van der Waals surface area contributed by atoms with Gasteiger partial charge in [0.05, 0.1) is 17.5 Å². The lowest BCUT2D eigenvalue weighted by molar-refractivity contribution is 0.237. The van der Waals surface area contributed by atoms with Crippen LogP contribution in [0.4, 0.5) is 0 Å². The fraction of sp³-hybridized carbons (Fsp3) is 0.238. The number of benzene rings is 1. The van der Waals surface area contributed by atoms with Gasteiger partial charge < -0.3 is 14.0 Å². The zero-order chi connectivity index (χ0) is 18.4. The lowest BCUT2D eigenvalue weighted by atomic mass is 10.1. The molecule has 1 aliphatic rings. The molecule has 0 spiro atoms. The minimum Gasteiger partial charge on any atom is -0.461 e. The zero-order valence-electron chi connectivity index (χ0n) is 15.1. The molecule has 0 saturated carbocycles. The second-order valence-corrected chi connectivity index (χ2v) is 7.03. The molecule has 0 fully saturated rings. The van der Waals surface area contributed by atoms with Crippen molar-refractivity contribution in [3.05, 3.63) is 76.0 Å². The molecule has 6 heteroatoms. The van der Waals surface area contributed by atoms with Crippen LogP contribution in [0.1, 0.15) is 17.0 Å². The summed E-state index contributed by atoms with van der Waals surface area (Å²) in [6.07, 6.45) is 2.34. The highest BCUT2D eigenvalue weighted by Crippen LogP contribution is 2.23. The molecule has 0 bridgehead atoms. The van der Waals surface area contributed by atoms with E-state index in [-0.39, 0.29) is 5.56 Å². The quantitative estimate of drug-likeness (QED) is 0.610. The summed E-state index contributed by atoms with van der Waals surface area (Å²) in [5.41, 5.74) is 4.03. The number of nitrogens with one attached hydrogen (secondary N) is 1. The van der Waals surface area contributed by atoms with Gasteiger partial charge in [-0.2, -0.15) is 0 Å². The number of aromatic amines is 1. The Hall–Kier alpha value is -3.12. The third-order valence-electron chi connectivity index (χ3n) is 5.34. The van der Waals surface area contributed by atoms with Gasteiger partial charge in [-0.25, -0.2) is 4.98 Å². The van der Waals surface area contributed by atoms with Gasteiger partial charge in [0.2, 0.25) is 0 Å². The minimum atomic E-state index is -0.0758. The first-order valence-electron chi connectivity index (χ1n) is 9.10. The number of para-hydroxylation sites is 1. The second-order valence-electron chi connectivity index (χ2n) is 7.03. The summed E-state index contributed by atoms with van der Waals surface area (Å²) < 4.78 is 7.59. The third-order valence-corrected chi connectivity index (χ3v) is 5.34. The van der Waals surface area contributed by atoms with Crippen molar-refractivity contribution < 1.29 is 4.42 Å². The Balaban J connectivity index is 1.42. The highest BCUT2D eigenvalue weighted by atomic mass is 16.3. The van der Waals surface area contributed by atoms with E-state index in [0.717, 1.165) is 30.8 Å². The van der Waals surface area contributed by atoms with Crippen molar-refractivity contribution in [1.82, 2.24) is 19.4 Å². The van der Waals surface area contributed by atoms with Crippen molar-refractivity contribution in [2.24, 2.45) is 7.05 Å². The van der Waals surface area contributed by atoms with Gasteiger partial charge in [-0.15, -0.1) is 0 Å². The Bertz CT molecular complexity index is 1170. The Kier molecular flexibility index (Phi) is 3.72. The summed E-state index contributed by atoms with van der Waals surface area (Å²) in [7, 11) is 2.10. The maximum Gasteiger partial charge on any atom is 0.256 e. The average molecular weight is 360 g/mol. The largest absolute Gasteiger partial charge is 0.461 e. The van der Waals surface area contributed by atoms with Crippen molar-refractivity contribution >= 4 is 10.9 Å². The van der Waals surface area contributed by atoms with Crippen molar-refractivity contribution in [3.63, 3.8) is 0 Å². The molecule has 0 amide bonds. The van der Waals surface area contributed by atoms with Crippen LogP contribution in [-0.2, 0) is 26.6 Å². The molecule has 3 aromatic heterocycles. The van der Waals surface area contributed by atoms with Crippen LogP contribution in [0.2, 0.25) is 0 Å². The highest BCUT2D eigenvalue weighted by Gasteiger charge is 2.23. The first kappa shape index (κ1) is 16.1. The predicted molar refractivity (Wildman–Crippen MR) is 103 cm³/mol. The summed E-state index contributed by atoms with van der Waals surface area (Å²) in [4.78, 5) is 22.4. The first-order valence-corrected chi connectivity index (χ1v) is 9.10. The first-order chi connectivity index (χ1) is 13.2. The number of hydrogen-bond acceptors (Lipinski definition) is 4. The van der Waals surface area contributed by atoms with Crippen LogP contribution in [0.5, 0.6) is 0 Å². The molecule has 0 unspecified atom stereocenters. The molecule has 1 N–H and O–H groups in total. The van der Waals surface area contributed by atoms with E-state index in [1.165, 1.54) is 16.6 Å². The summed E-state index contributed by atoms with van der Waals surface area (Å²) in [5, 5.41) is 1.25. The summed E-state index contributed by atoms with van der Waals surface area (Å²) in [5.74, 6) is 1.10.